The Balaban J connectivity index is 2.67. The van der Waals surface area contributed by atoms with Crippen molar-refractivity contribution >= 4 is 19.0 Å². The molecule has 1 aliphatic rings. The van der Waals surface area contributed by atoms with Crippen LogP contribution in [0.25, 0.3) is 0 Å². The number of carboxylic acid groups (broad SMARTS) is 1. The maximum Gasteiger partial charge on any atom is 0.451 e. The van der Waals surface area contributed by atoms with E-state index in [4.69, 9.17) is 21.5 Å². The Hall–Kier alpha value is -1.16. The second kappa shape index (κ2) is 8.80. The molecule has 138 valence electrons. The van der Waals surface area contributed by atoms with Crippen molar-refractivity contribution in [1.82, 2.24) is 5.32 Å². The van der Waals surface area contributed by atoms with E-state index in [-0.39, 0.29) is 42.9 Å². The number of hydrogen-bond acceptors (Lipinski definition) is 6. The molecular formula is C15H30BN3O5. The summed E-state index contributed by atoms with van der Waals surface area (Å²) in [5, 5.41) is 30.2. The Morgan fingerprint density at radius 2 is 1.96 bits per heavy atom. The first kappa shape index (κ1) is 20.9. The largest absolute Gasteiger partial charge is 0.480 e. The first-order valence-corrected chi connectivity index (χ1v) is 8.49. The van der Waals surface area contributed by atoms with E-state index in [9.17, 15) is 14.7 Å². The van der Waals surface area contributed by atoms with Gasteiger partial charge in [-0.25, -0.2) is 0 Å². The van der Waals surface area contributed by atoms with Gasteiger partial charge in [-0.1, -0.05) is 20.3 Å². The SMILES string of the molecule is CC(C)[C@H](N)C(=O)NC[C@@H]1CC[C@@H](CCB(O)O)C[C@]1(N)C(=O)O. The van der Waals surface area contributed by atoms with Crippen LogP contribution in [0.1, 0.15) is 39.5 Å². The lowest BCUT2D eigenvalue weighted by Crippen LogP contribution is -2.60. The van der Waals surface area contributed by atoms with Crippen LogP contribution in [0.2, 0.25) is 6.32 Å². The van der Waals surface area contributed by atoms with Crippen molar-refractivity contribution in [3.8, 4) is 0 Å². The summed E-state index contributed by atoms with van der Waals surface area (Å²) in [7, 11) is -1.39. The highest BCUT2D eigenvalue weighted by Gasteiger charge is 2.47. The summed E-state index contributed by atoms with van der Waals surface area (Å²) in [6.07, 6.45) is 2.28. The van der Waals surface area contributed by atoms with E-state index in [1.807, 2.05) is 13.8 Å². The molecule has 0 saturated heterocycles. The fourth-order valence-corrected chi connectivity index (χ4v) is 3.26. The fraction of sp³-hybridized carbons (Fsp3) is 0.867. The lowest BCUT2D eigenvalue weighted by molar-refractivity contribution is -0.148. The number of nitrogens with one attached hydrogen (secondary N) is 1. The fourth-order valence-electron chi connectivity index (χ4n) is 3.26. The predicted molar refractivity (Wildman–Crippen MR) is 90.8 cm³/mol. The Labute approximate surface area is 143 Å². The number of aliphatic carboxylic acids is 1. The second-order valence-corrected chi connectivity index (χ2v) is 7.26. The van der Waals surface area contributed by atoms with Crippen LogP contribution in [0.3, 0.4) is 0 Å². The highest BCUT2D eigenvalue weighted by Crippen LogP contribution is 2.38. The molecule has 1 amide bonds. The van der Waals surface area contributed by atoms with Crippen LogP contribution in [0, 0.1) is 17.8 Å². The van der Waals surface area contributed by atoms with Crippen LogP contribution in [0.5, 0.6) is 0 Å². The highest BCUT2D eigenvalue weighted by atomic mass is 16.4. The second-order valence-electron chi connectivity index (χ2n) is 7.26. The van der Waals surface area contributed by atoms with E-state index in [1.54, 1.807) is 0 Å². The molecule has 0 aromatic carbocycles. The van der Waals surface area contributed by atoms with Crippen molar-refractivity contribution in [2.24, 2.45) is 29.2 Å². The van der Waals surface area contributed by atoms with Crippen molar-refractivity contribution in [2.45, 2.75) is 57.4 Å². The molecule has 0 bridgehead atoms. The third-order valence-corrected chi connectivity index (χ3v) is 5.05. The van der Waals surface area contributed by atoms with Gasteiger partial charge in [0.2, 0.25) is 5.91 Å². The van der Waals surface area contributed by atoms with Crippen molar-refractivity contribution in [1.29, 1.82) is 0 Å². The van der Waals surface area contributed by atoms with Crippen LogP contribution in [0.15, 0.2) is 0 Å². The van der Waals surface area contributed by atoms with Gasteiger partial charge in [-0.2, -0.15) is 0 Å². The van der Waals surface area contributed by atoms with Gasteiger partial charge in [0, 0.05) is 12.5 Å². The van der Waals surface area contributed by atoms with E-state index in [0.717, 1.165) is 6.42 Å². The van der Waals surface area contributed by atoms with Crippen molar-refractivity contribution in [3.05, 3.63) is 0 Å². The predicted octanol–water partition coefficient (Wildman–Crippen LogP) is -0.853. The van der Waals surface area contributed by atoms with Crippen LogP contribution in [0.4, 0.5) is 0 Å². The number of carboxylic acids is 1. The van der Waals surface area contributed by atoms with Gasteiger partial charge in [-0.15, -0.1) is 0 Å². The van der Waals surface area contributed by atoms with Crippen LogP contribution in [-0.4, -0.2) is 52.3 Å². The topological polar surface area (TPSA) is 159 Å². The van der Waals surface area contributed by atoms with Crippen LogP contribution in [-0.2, 0) is 9.59 Å². The molecule has 0 unspecified atom stereocenters. The molecular weight excluding hydrogens is 313 g/mol. The number of carbonyl (C=O) groups is 2. The van der Waals surface area contributed by atoms with Gasteiger partial charge in [0.15, 0.2) is 0 Å². The van der Waals surface area contributed by atoms with Crippen LogP contribution < -0.4 is 16.8 Å². The maximum absolute atomic E-state index is 12.0. The first-order valence-electron chi connectivity index (χ1n) is 8.49. The summed E-state index contributed by atoms with van der Waals surface area (Å²) >= 11 is 0. The summed E-state index contributed by atoms with van der Waals surface area (Å²) in [5.74, 6) is -1.76. The van der Waals surface area contributed by atoms with Gasteiger partial charge in [0.1, 0.15) is 5.54 Å². The zero-order chi connectivity index (χ0) is 18.5. The minimum atomic E-state index is -1.43. The number of hydrogen-bond donors (Lipinski definition) is 6. The zero-order valence-electron chi connectivity index (χ0n) is 14.4. The Kier molecular flexibility index (Phi) is 7.66. The Morgan fingerprint density at radius 1 is 1.33 bits per heavy atom. The van der Waals surface area contributed by atoms with E-state index < -0.39 is 24.7 Å². The molecule has 24 heavy (non-hydrogen) atoms. The van der Waals surface area contributed by atoms with Crippen molar-refractivity contribution in [3.63, 3.8) is 0 Å². The molecule has 0 aliphatic heterocycles. The minimum absolute atomic E-state index is 0.00671. The number of nitrogens with two attached hydrogens (primary N) is 2. The molecule has 0 spiro atoms. The van der Waals surface area contributed by atoms with E-state index in [1.165, 1.54) is 0 Å². The Bertz CT molecular complexity index is 449. The molecule has 8 N–H and O–H groups in total. The molecule has 1 rings (SSSR count). The van der Waals surface area contributed by atoms with Crippen molar-refractivity contribution in [2.75, 3.05) is 6.54 Å². The molecule has 4 atom stereocenters. The van der Waals surface area contributed by atoms with Gasteiger partial charge < -0.3 is 31.9 Å². The smallest absolute Gasteiger partial charge is 0.451 e. The average molecular weight is 343 g/mol. The molecule has 1 saturated carbocycles. The van der Waals surface area contributed by atoms with Gasteiger partial charge >= 0.3 is 13.1 Å². The third-order valence-electron chi connectivity index (χ3n) is 5.05. The third kappa shape index (κ3) is 5.44. The summed E-state index contributed by atoms with van der Waals surface area (Å²) in [5.41, 5.74) is 10.5. The molecule has 9 heteroatoms. The molecule has 8 nitrogen and oxygen atoms in total. The molecule has 0 heterocycles. The van der Waals surface area contributed by atoms with Gasteiger partial charge in [-0.05, 0) is 37.4 Å². The first-order chi connectivity index (χ1) is 11.1. The monoisotopic (exact) mass is 343 g/mol. The number of carbonyl (C=O) groups excluding carboxylic acids is 1. The summed E-state index contributed by atoms with van der Waals surface area (Å²) in [6, 6.07) is -0.635. The summed E-state index contributed by atoms with van der Waals surface area (Å²) in [4.78, 5) is 23.7. The van der Waals surface area contributed by atoms with E-state index >= 15 is 0 Å². The summed E-state index contributed by atoms with van der Waals surface area (Å²) < 4.78 is 0. The van der Waals surface area contributed by atoms with Crippen molar-refractivity contribution < 1.29 is 24.7 Å². The molecule has 0 aromatic heterocycles. The molecule has 0 radical (unpaired) electrons. The lowest BCUT2D eigenvalue weighted by Gasteiger charge is -2.41. The van der Waals surface area contributed by atoms with Crippen LogP contribution >= 0.6 is 0 Å². The minimum Gasteiger partial charge on any atom is -0.480 e. The van der Waals surface area contributed by atoms with E-state index in [2.05, 4.69) is 5.32 Å². The van der Waals surface area contributed by atoms with Gasteiger partial charge in [0.25, 0.3) is 0 Å². The normalized spacial score (nSPS) is 28.5. The maximum atomic E-state index is 12.0. The number of amides is 1. The average Bonchev–Trinajstić information content (AvgIpc) is 2.50. The number of rotatable bonds is 8. The molecule has 1 aliphatic carbocycles. The van der Waals surface area contributed by atoms with E-state index in [0.29, 0.717) is 12.8 Å². The summed E-state index contributed by atoms with van der Waals surface area (Å²) in [6.45, 7) is 3.86. The standard InChI is InChI=1S/C15H30BN3O5/c1-9(2)12(17)13(20)19-8-11-4-3-10(5-6-16(23)24)7-15(11,18)14(21)22/h9-12,23-24H,3-8,17-18H2,1-2H3,(H,19,20)(H,21,22)/t10-,11-,12-,15+/m0/s1. The molecule has 0 aromatic rings. The zero-order valence-corrected chi connectivity index (χ0v) is 14.4. The molecule has 1 fully saturated rings. The Morgan fingerprint density at radius 3 is 2.46 bits per heavy atom. The highest BCUT2D eigenvalue weighted by molar-refractivity contribution is 6.40. The van der Waals surface area contributed by atoms with Gasteiger partial charge in [0.05, 0.1) is 6.04 Å². The quantitative estimate of drug-likeness (QED) is 0.313. The lowest BCUT2D eigenvalue weighted by atomic mass is 9.66. The van der Waals surface area contributed by atoms with Gasteiger partial charge in [-0.3, -0.25) is 9.59 Å².